The molecule has 0 saturated heterocycles. The molecule has 0 saturated carbocycles. The highest BCUT2D eigenvalue weighted by Gasteiger charge is 2.25. The van der Waals surface area contributed by atoms with Crippen molar-refractivity contribution in [3.05, 3.63) is 23.1 Å². The van der Waals surface area contributed by atoms with Gasteiger partial charge in [0.15, 0.2) is 5.69 Å². The summed E-state index contributed by atoms with van der Waals surface area (Å²) in [5.74, 6) is 0.537. The molecule has 0 aromatic carbocycles. The van der Waals surface area contributed by atoms with Crippen molar-refractivity contribution in [3.63, 3.8) is 0 Å². The maximum Gasteiger partial charge on any atom is 0.151 e. The van der Waals surface area contributed by atoms with Crippen molar-refractivity contribution in [2.75, 3.05) is 5.73 Å². The minimum Gasteiger partial charge on any atom is -0.382 e. The molecule has 114 valence electrons. The molecule has 0 radical (unpaired) electrons. The summed E-state index contributed by atoms with van der Waals surface area (Å²) in [4.78, 5) is 0. The summed E-state index contributed by atoms with van der Waals surface area (Å²) in [5.41, 5.74) is 10.5. The maximum atomic E-state index is 6.09. The fourth-order valence-electron chi connectivity index (χ4n) is 2.28. The van der Waals surface area contributed by atoms with E-state index >= 15 is 0 Å². The second-order valence-electron chi connectivity index (χ2n) is 6.51. The fraction of sp³-hybridized carbons (Fsp3) is 0.533. The molecule has 0 unspecified atom stereocenters. The summed E-state index contributed by atoms with van der Waals surface area (Å²) >= 11 is 0. The Hall–Kier alpha value is -2.11. The number of anilines is 1. The van der Waals surface area contributed by atoms with Gasteiger partial charge in [0.25, 0.3) is 0 Å². The lowest BCUT2D eigenvalue weighted by Crippen LogP contribution is -2.12. The molecule has 0 aliphatic carbocycles. The first-order valence-corrected chi connectivity index (χ1v) is 7.00. The lowest BCUT2D eigenvalue weighted by Gasteiger charge is -2.15. The Morgan fingerprint density at radius 3 is 2.14 bits per heavy atom. The monoisotopic (exact) mass is 288 g/mol. The maximum absolute atomic E-state index is 6.09. The van der Waals surface area contributed by atoms with E-state index in [0.717, 1.165) is 22.6 Å². The number of hydrogen-bond acceptors (Lipinski definition) is 4. The molecule has 0 aliphatic rings. The highest BCUT2D eigenvalue weighted by Crippen LogP contribution is 2.36. The number of rotatable bonds is 2. The molecule has 2 N–H and O–H groups in total. The molecule has 0 bridgehead atoms. The number of aryl methyl sites for hydroxylation is 3. The number of hydrogen-bond donors (Lipinski definition) is 1. The lowest BCUT2D eigenvalue weighted by atomic mass is 9.91. The average Bonchev–Trinajstić information content (AvgIpc) is 2.78. The van der Waals surface area contributed by atoms with E-state index in [-0.39, 0.29) is 5.41 Å². The lowest BCUT2D eigenvalue weighted by molar-refractivity contribution is 0.554. The standard InChI is InChI=1S/C15H24N6/c1-9-8-20(6)10(2)11(9)17-18-12-13(15(3,4)5)19-21(7)14(12)16/h8H,16H2,1-7H3. The van der Waals surface area contributed by atoms with Crippen molar-refractivity contribution in [1.82, 2.24) is 14.3 Å². The predicted molar refractivity (Wildman–Crippen MR) is 85.4 cm³/mol. The number of aromatic nitrogens is 3. The van der Waals surface area contributed by atoms with Gasteiger partial charge in [-0.05, 0) is 19.4 Å². The largest absolute Gasteiger partial charge is 0.382 e. The van der Waals surface area contributed by atoms with Crippen LogP contribution in [0.3, 0.4) is 0 Å². The predicted octanol–water partition coefficient (Wildman–Crippen LogP) is 3.67. The molecule has 21 heavy (non-hydrogen) atoms. The van der Waals surface area contributed by atoms with Crippen molar-refractivity contribution in [2.24, 2.45) is 24.3 Å². The topological polar surface area (TPSA) is 73.5 Å². The summed E-state index contributed by atoms with van der Waals surface area (Å²) < 4.78 is 3.70. The highest BCUT2D eigenvalue weighted by molar-refractivity contribution is 5.63. The minimum atomic E-state index is -0.134. The quantitative estimate of drug-likeness (QED) is 0.856. The summed E-state index contributed by atoms with van der Waals surface area (Å²) in [7, 11) is 3.82. The Kier molecular flexibility index (Phi) is 3.65. The van der Waals surface area contributed by atoms with Crippen LogP contribution in [0.4, 0.5) is 17.2 Å². The van der Waals surface area contributed by atoms with Gasteiger partial charge >= 0.3 is 0 Å². The van der Waals surface area contributed by atoms with Crippen molar-refractivity contribution in [3.8, 4) is 0 Å². The molecule has 2 aromatic rings. The average molecular weight is 288 g/mol. The van der Waals surface area contributed by atoms with Crippen LogP contribution in [0, 0.1) is 13.8 Å². The fourth-order valence-corrected chi connectivity index (χ4v) is 2.28. The van der Waals surface area contributed by atoms with E-state index in [1.807, 2.05) is 38.7 Å². The Morgan fingerprint density at radius 1 is 1.10 bits per heavy atom. The third kappa shape index (κ3) is 2.70. The second-order valence-corrected chi connectivity index (χ2v) is 6.51. The number of nitrogen functional groups attached to an aromatic ring is 1. The molecular weight excluding hydrogens is 264 g/mol. The molecule has 2 aromatic heterocycles. The molecule has 2 heterocycles. The van der Waals surface area contributed by atoms with E-state index in [1.165, 1.54) is 0 Å². The van der Waals surface area contributed by atoms with Crippen LogP contribution in [0.2, 0.25) is 0 Å². The van der Waals surface area contributed by atoms with Crippen LogP contribution in [0.15, 0.2) is 16.4 Å². The SMILES string of the molecule is Cc1cn(C)c(C)c1N=Nc1c(C(C)(C)C)nn(C)c1N. The molecular formula is C15H24N6. The molecule has 6 heteroatoms. The van der Waals surface area contributed by atoms with Crippen LogP contribution in [-0.4, -0.2) is 14.3 Å². The van der Waals surface area contributed by atoms with Crippen molar-refractivity contribution >= 4 is 17.2 Å². The zero-order chi connectivity index (χ0) is 15.9. The van der Waals surface area contributed by atoms with Crippen LogP contribution in [-0.2, 0) is 19.5 Å². The zero-order valence-electron chi connectivity index (χ0n) is 13.9. The van der Waals surface area contributed by atoms with Gasteiger partial charge in [0.2, 0.25) is 0 Å². The van der Waals surface area contributed by atoms with Gasteiger partial charge in [-0.3, -0.25) is 4.68 Å². The number of nitrogens with two attached hydrogens (primary N) is 1. The van der Waals surface area contributed by atoms with Crippen LogP contribution in [0.25, 0.3) is 0 Å². The second kappa shape index (κ2) is 5.02. The van der Waals surface area contributed by atoms with Crippen molar-refractivity contribution in [1.29, 1.82) is 0 Å². The van der Waals surface area contributed by atoms with Gasteiger partial charge in [0.1, 0.15) is 11.5 Å². The van der Waals surface area contributed by atoms with E-state index in [1.54, 1.807) is 4.68 Å². The van der Waals surface area contributed by atoms with Gasteiger partial charge < -0.3 is 10.3 Å². The Morgan fingerprint density at radius 2 is 1.67 bits per heavy atom. The van der Waals surface area contributed by atoms with Crippen molar-refractivity contribution in [2.45, 2.75) is 40.0 Å². The zero-order valence-corrected chi connectivity index (χ0v) is 13.9. The Bertz CT molecular complexity index is 697. The van der Waals surface area contributed by atoms with E-state index in [0.29, 0.717) is 11.5 Å². The Balaban J connectivity index is 2.51. The molecule has 6 nitrogen and oxygen atoms in total. The summed E-state index contributed by atoms with van der Waals surface area (Å²) in [6.07, 6.45) is 2.04. The van der Waals surface area contributed by atoms with Gasteiger partial charge in [-0.1, -0.05) is 20.8 Å². The normalized spacial score (nSPS) is 12.5. The molecule has 0 spiro atoms. The van der Waals surface area contributed by atoms with Gasteiger partial charge in [0, 0.05) is 31.4 Å². The van der Waals surface area contributed by atoms with Crippen LogP contribution >= 0.6 is 0 Å². The van der Waals surface area contributed by atoms with E-state index < -0.39 is 0 Å². The third-order valence-electron chi connectivity index (χ3n) is 3.66. The molecule has 2 rings (SSSR count). The third-order valence-corrected chi connectivity index (χ3v) is 3.66. The molecule has 0 atom stereocenters. The first kappa shape index (κ1) is 15.3. The van der Waals surface area contributed by atoms with Gasteiger partial charge in [0.05, 0.1) is 5.69 Å². The van der Waals surface area contributed by atoms with Crippen LogP contribution in [0.1, 0.15) is 37.7 Å². The summed E-state index contributed by atoms with van der Waals surface area (Å²) in [6, 6.07) is 0. The van der Waals surface area contributed by atoms with Gasteiger partial charge in [-0.25, -0.2) is 0 Å². The number of nitrogens with zero attached hydrogens (tertiary/aromatic N) is 5. The first-order chi connectivity index (χ1) is 9.62. The molecule has 0 fully saturated rings. The van der Waals surface area contributed by atoms with E-state index in [9.17, 15) is 0 Å². The van der Waals surface area contributed by atoms with Crippen LogP contribution < -0.4 is 5.73 Å². The summed E-state index contributed by atoms with van der Waals surface area (Å²) in [6.45, 7) is 10.3. The smallest absolute Gasteiger partial charge is 0.151 e. The minimum absolute atomic E-state index is 0.134. The van der Waals surface area contributed by atoms with Crippen LogP contribution in [0.5, 0.6) is 0 Å². The van der Waals surface area contributed by atoms with Crippen molar-refractivity contribution < 1.29 is 0 Å². The molecule has 0 aliphatic heterocycles. The van der Waals surface area contributed by atoms with E-state index in [2.05, 4.69) is 36.1 Å². The van der Waals surface area contributed by atoms with E-state index in [4.69, 9.17) is 5.73 Å². The van der Waals surface area contributed by atoms with Gasteiger partial charge in [-0.2, -0.15) is 5.10 Å². The first-order valence-electron chi connectivity index (χ1n) is 7.00. The highest BCUT2D eigenvalue weighted by atomic mass is 15.3. The Labute approximate surface area is 125 Å². The molecule has 0 amide bonds. The number of azo groups is 1. The summed E-state index contributed by atoms with van der Waals surface area (Å²) in [5, 5.41) is 13.3. The van der Waals surface area contributed by atoms with Gasteiger partial charge in [-0.15, -0.1) is 10.2 Å².